The zero-order valence-electron chi connectivity index (χ0n) is 16.5. The molecule has 0 fully saturated rings. The predicted molar refractivity (Wildman–Crippen MR) is 122 cm³/mol. The van der Waals surface area contributed by atoms with Gasteiger partial charge in [-0.2, -0.15) is 15.4 Å². The second kappa shape index (κ2) is 8.34. The van der Waals surface area contributed by atoms with Crippen LogP contribution >= 0.6 is 23.2 Å². The molecule has 7 nitrogen and oxygen atoms in total. The Morgan fingerprint density at radius 2 is 2.00 bits per heavy atom. The summed E-state index contributed by atoms with van der Waals surface area (Å²) in [5.41, 5.74) is 2.62. The van der Waals surface area contributed by atoms with Gasteiger partial charge in [0, 0.05) is 17.1 Å². The number of aromatic amines is 1. The molecule has 9 heteroatoms. The zero-order valence-corrected chi connectivity index (χ0v) is 18.0. The summed E-state index contributed by atoms with van der Waals surface area (Å²) in [6.07, 6.45) is 3.99. The molecular weight excluding hydrogens is 437 g/mol. The van der Waals surface area contributed by atoms with Crippen LogP contribution in [0.15, 0.2) is 53.9 Å². The van der Waals surface area contributed by atoms with Crippen LogP contribution in [0, 0.1) is 11.3 Å². The quantitative estimate of drug-likeness (QED) is 0.485. The van der Waals surface area contributed by atoms with E-state index >= 15 is 0 Å². The Hall–Kier alpha value is -3.47. The predicted octanol–water partition coefficient (Wildman–Crippen LogP) is 6.14. The molecule has 4 rings (SSSR count). The van der Waals surface area contributed by atoms with Gasteiger partial charge in [0.25, 0.3) is 0 Å². The van der Waals surface area contributed by atoms with Crippen LogP contribution in [0.5, 0.6) is 11.5 Å². The molecule has 1 aliphatic rings. The summed E-state index contributed by atoms with van der Waals surface area (Å²) in [5, 5.41) is 18.1. The number of nitrogens with zero attached hydrogens (tertiary/aromatic N) is 3. The number of hydrogen-bond donors (Lipinski definition) is 2. The largest absolute Gasteiger partial charge is 0.454 e. The van der Waals surface area contributed by atoms with Crippen molar-refractivity contribution in [2.75, 3.05) is 5.01 Å². The third-order valence-corrected chi connectivity index (χ3v) is 5.31. The molecule has 1 aromatic heterocycles. The van der Waals surface area contributed by atoms with Crippen molar-refractivity contribution in [1.82, 2.24) is 10.3 Å². The first-order valence-electron chi connectivity index (χ1n) is 9.47. The van der Waals surface area contributed by atoms with Crippen molar-refractivity contribution in [3.05, 3.63) is 64.4 Å². The number of rotatable bonds is 5. The Morgan fingerprint density at radius 1 is 1.26 bits per heavy atom. The van der Waals surface area contributed by atoms with Crippen molar-refractivity contribution in [1.29, 1.82) is 5.26 Å². The Balaban J connectivity index is 1.67. The zero-order chi connectivity index (χ0) is 22.1. The molecule has 0 atom stereocenters. The number of amides is 2. The monoisotopic (exact) mass is 453 g/mol. The van der Waals surface area contributed by atoms with Gasteiger partial charge in [-0.1, -0.05) is 43.1 Å². The van der Waals surface area contributed by atoms with Crippen LogP contribution in [-0.4, -0.2) is 16.7 Å². The lowest BCUT2D eigenvalue weighted by molar-refractivity contribution is 0.248. The van der Waals surface area contributed by atoms with Crippen LogP contribution in [0.3, 0.4) is 0 Å². The highest BCUT2D eigenvalue weighted by atomic mass is 35.5. The van der Waals surface area contributed by atoms with E-state index in [1.807, 2.05) is 30.5 Å². The molecule has 0 radical (unpaired) electrons. The molecule has 156 valence electrons. The second-order valence-corrected chi connectivity index (χ2v) is 7.71. The van der Waals surface area contributed by atoms with Gasteiger partial charge in [0.2, 0.25) is 0 Å². The maximum absolute atomic E-state index is 12.3. The summed E-state index contributed by atoms with van der Waals surface area (Å²) in [7, 11) is 0. The number of aromatic nitrogens is 1. The fourth-order valence-electron chi connectivity index (χ4n) is 3.29. The number of nitriles is 1. The summed E-state index contributed by atoms with van der Waals surface area (Å²) < 4.78 is 5.98. The summed E-state index contributed by atoms with van der Waals surface area (Å²) in [5.74, 6) is 0.836. The molecule has 1 aliphatic heterocycles. The van der Waals surface area contributed by atoms with Gasteiger partial charge in [-0.15, -0.1) is 0 Å². The highest BCUT2D eigenvalue weighted by Gasteiger charge is 2.26. The molecule has 0 aliphatic carbocycles. The number of fused-ring (bicyclic) bond motifs is 1. The maximum atomic E-state index is 12.3. The number of nitrogens with one attached hydrogen (secondary N) is 2. The number of aryl methyl sites for hydroxylation is 1. The van der Waals surface area contributed by atoms with Crippen molar-refractivity contribution >= 4 is 51.5 Å². The van der Waals surface area contributed by atoms with E-state index in [4.69, 9.17) is 33.2 Å². The van der Waals surface area contributed by atoms with Gasteiger partial charge >= 0.3 is 6.03 Å². The third kappa shape index (κ3) is 3.96. The molecule has 31 heavy (non-hydrogen) atoms. The molecule has 0 saturated carbocycles. The minimum atomic E-state index is -0.578. The number of anilines is 1. The number of urea groups is 1. The van der Waals surface area contributed by atoms with Gasteiger partial charge in [-0.25, -0.2) is 4.79 Å². The van der Waals surface area contributed by atoms with Crippen LogP contribution in [0.4, 0.5) is 10.5 Å². The fraction of sp³-hybridized carbons (Fsp3) is 0.136. The first kappa shape index (κ1) is 20.8. The SMILES string of the molecule is C=C1NC(=O)N(c2cc(Cl)c(Oc3ccc4[nH]cc(CCC)c4c3)c(Cl)c2)N=C1C#N. The fourth-order valence-corrected chi connectivity index (χ4v) is 3.85. The van der Waals surface area contributed by atoms with Gasteiger partial charge in [0.15, 0.2) is 11.5 Å². The summed E-state index contributed by atoms with van der Waals surface area (Å²) >= 11 is 12.8. The van der Waals surface area contributed by atoms with Crippen LogP contribution in [0.25, 0.3) is 10.9 Å². The Kier molecular flexibility index (Phi) is 5.59. The lowest BCUT2D eigenvalue weighted by Gasteiger charge is -2.24. The van der Waals surface area contributed by atoms with Gasteiger partial charge in [0.05, 0.1) is 21.4 Å². The van der Waals surface area contributed by atoms with Crippen LogP contribution < -0.4 is 15.1 Å². The van der Waals surface area contributed by atoms with E-state index in [2.05, 4.69) is 28.9 Å². The second-order valence-electron chi connectivity index (χ2n) is 6.89. The Morgan fingerprint density at radius 3 is 2.68 bits per heavy atom. The minimum absolute atomic E-state index is 0.0186. The van der Waals surface area contributed by atoms with Crippen LogP contribution in [0.2, 0.25) is 10.0 Å². The first-order valence-corrected chi connectivity index (χ1v) is 10.2. The van der Waals surface area contributed by atoms with Crippen molar-refractivity contribution < 1.29 is 9.53 Å². The van der Waals surface area contributed by atoms with E-state index in [9.17, 15) is 4.79 Å². The molecule has 0 bridgehead atoms. The normalized spacial score (nSPS) is 13.7. The van der Waals surface area contributed by atoms with E-state index < -0.39 is 6.03 Å². The summed E-state index contributed by atoms with van der Waals surface area (Å²) in [6.45, 7) is 5.72. The number of hydrogen-bond acceptors (Lipinski definition) is 4. The molecule has 0 spiro atoms. The Bertz CT molecular complexity index is 1270. The van der Waals surface area contributed by atoms with Crippen LogP contribution in [0.1, 0.15) is 18.9 Å². The molecule has 3 aromatic rings. The topological polar surface area (TPSA) is 93.5 Å². The van der Waals surface area contributed by atoms with E-state index in [0.29, 0.717) is 5.75 Å². The van der Waals surface area contributed by atoms with Gasteiger partial charge in [0.1, 0.15) is 11.8 Å². The number of allylic oxidation sites excluding steroid dienone is 1. The summed E-state index contributed by atoms with van der Waals surface area (Å²) in [4.78, 5) is 15.5. The van der Waals surface area contributed by atoms with Crippen molar-refractivity contribution in [2.45, 2.75) is 19.8 Å². The molecule has 0 unspecified atom stereocenters. The number of hydrazone groups is 1. The van der Waals surface area contributed by atoms with E-state index in [-0.39, 0.29) is 32.9 Å². The minimum Gasteiger partial charge on any atom is -0.454 e. The van der Waals surface area contributed by atoms with Gasteiger partial charge in [-0.05, 0) is 42.3 Å². The van der Waals surface area contributed by atoms with Gasteiger partial charge < -0.3 is 15.0 Å². The molecule has 2 N–H and O–H groups in total. The molecule has 2 aromatic carbocycles. The Labute approximate surface area is 188 Å². The lowest BCUT2D eigenvalue weighted by atomic mass is 10.1. The van der Waals surface area contributed by atoms with Crippen molar-refractivity contribution in [3.8, 4) is 17.6 Å². The first-order chi connectivity index (χ1) is 14.9. The van der Waals surface area contributed by atoms with Crippen molar-refractivity contribution in [3.63, 3.8) is 0 Å². The number of H-pyrrole nitrogens is 1. The highest BCUT2D eigenvalue weighted by molar-refractivity contribution is 6.37. The summed E-state index contributed by atoms with van der Waals surface area (Å²) in [6, 6.07) is 9.97. The number of carbonyl (C=O) groups is 1. The van der Waals surface area contributed by atoms with Crippen molar-refractivity contribution in [2.24, 2.45) is 5.10 Å². The molecule has 2 amide bonds. The van der Waals surface area contributed by atoms with E-state index in [1.54, 1.807) is 0 Å². The molecular formula is C22H17Cl2N5O2. The van der Waals surface area contributed by atoms with Crippen LogP contribution in [-0.2, 0) is 6.42 Å². The highest BCUT2D eigenvalue weighted by Crippen LogP contribution is 2.41. The molecule has 2 heterocycles. The lowest BCUT2D eigenvalue weighted by Crippen LogP contribution is -2.42. The average molecular weight is 454 g/mol. The smallest absolute Gasteiger partial charge is 0.347 e. The van der Waals surface area contributed by atoms with E-state index in [0.717, 1.165) is 28.8 Å². The number of halogens is 2. The van der Waals surface area contributed by atoms with Gasteiger partial charge in [-0.3, -0.25) is 0 Å². The number of carbonyl (C=O) groups excluding carboxylic acids is 1. The number of ether oxygens (including phenoxy) is 1. The molecule has 0 saturated heterocycles. The average Bonchev–Trinajstić information content (AvgIpc) is 3.13. The number of benzene rings is 2. The third-order valence-electron chi connectivity index (χ3n) is 4.75. The standard InChI is InChI=1S/C22H17Cl2N5O2/c1-3-4-13-11-26-19-6-5-15(9-16(13)19)31-21-17(23)7-14(8-18(21)24)29-22(30)27-12(2)20(10-25)28-29/h5-9,11,26H,2-4H2,1H3,(H,27,30). The van der Waals surface area contributed by atoms with E-state index in [1.165, 1.54) is 17.7 Å². The maximum Gasteiger partial charge on any atom is 0.347 e.